The SMILES string of the molecule is CN.COc1cc(CSC)cnc1Cl. The van der Waals surface area contributed by atoms with Gasteiger partial charge in [-0.05, 0) is 24.9 Å². The van der Waals surface area contributed by atoms with Crippen molar-refractivity contribution in [2.45, 2.75) is 5.75 Å². The van der Waals surface area contributed by atoms with Crippen LogP contribution in [0.1, 0.15) is 5.56 Å². The van der Waals surface area contributed by atoms with Gasteiger partial charge in [0.1, 0.15) is 0 Å². The Hall–Kier alpha value is -0.450. The van der Waals surface area contributed by atoms with Crippen molar-refractivity contribution >= 4 is 23.4 Å². The van der Waals surface area contributed by atoms with Crippen LogP contribution in [0.5, 0.6) is 5.75 Å². The van der Waals surface area contributed by atoms with Gasteiger partial charge in [0.05, 0.1) is 7.11 Å². The second-order valence-electron chi connectivity index (χ2n) is 2.27. The van der Waals surface area contributed by atoms with E-state index in [4.69, 9.17) is 16.3 Å². The van der Waals surface area contributed by atoms with Crippen LogP contribution in [0.15, 0.2) is 12.3 Å². The third kappa shape index (κ3) is 4.17. The molecule has 0 amide bonds. The molecule has 0 aromatic carbocycles. The highest BCUT2D eigenvalue weighted by Gasteiger charge is 2.02. The van der Waals surface area contributed by atoms with Gasteiger partial charge in [-0.25, -0.2) is 4.98 Å². The molecule has 0 aliphatic rings. The molecule has 0 fully saturated rings. The Balaban J connectivity index is 0.000000791. The lowest BCUT2D eigenvalue weighted by Crippen LogP contribution is -1.89. The van der Waals surface area contributed by atoms with Gasteiger partial charge in [0, 0.05) is 11.9 Å². The van der Waals surface area contributed by atoms with Crippen molar-refractivity contribution in [3.05, 3.63) is 23.0 Å². The van der Waals surface area contributed by atoms with Crippen molar-refractivity contribution in [2.24, 2.45) is 5.73 Å². The first-order valence-electron chi connectivity index (χ1n) is 4.03. The van der Waals surface area contributed by atoms with Gasteiger partial charge < -0.3 is 10.5 Å². The summed E-state index contributed by atoms with van der Waals surface area (Å²) in [4.78, 5) is 4.00. The number of nitrogens with two attached hydrogens (primary N) is 1. The van der Waals surface area contributed by atoms with Crippen molar-refractivity contribution in [1.29, 1.82) is 0 Å². The molecule has 0 atom stereocenters. The summed E-state index contributed by atoms with van der Waals surface area (Å²) in [6.07, 6.45) is 3.81. The Morgan fingerprint density at radius 1 is 1.57 bits per heavy atom. The number of hydrogen-bond donors (Lipinski definition) is 1. The fraction of sp³-hybridized carbons (Fsp3) is 0.444. The van der Waals surface area contributed by atoms with Crippen molar-refractivity contribution in [3.63, 3.8) is 0 Å². The molecule has 0 saturated heterocycles. The summed E-state index contributed by atoms with van der Waals surface area (Å²) < 4.78 is 5.03. The maximum Gasteiger partial charge on any atom is 0.171 e. The van der Waals surface area contributed by atoms with E-state index in [9.17, 15) is 0 Å². The van der Waals surface area contributed by atoms with Crippen LogP contribution in [-0.4, -0.2) is 25.4 Å². The summed E-state index contributed by atoms with van der Waals surface area (Å²) in [7, 11) is 3.09. The molecule has 1 aromatic rings. The van der Waals surface area contributed by atoms with E-state index in [-0.39, 0.29) is 0 Å². The van der Waals surface area contributed by atoms with Gasteiger partial charge >= 0.3 is 0 Å². The zero-order valence-corrected chi connectivity index (χ0v) is 10.2. The average molecular weight is 235 g/mol. The molecule has 1 aromatic heterocycles. The zero-order chi connectivity index (χ0) is 11.0. The predicted octanol–water partition coefficient (Wildman–Crippen LogP) is 2.18. The monoisotopic (exact) mass is 234 g/mol. The molecule has 80 valence electrons. The van der Waals surface area contributed by atoms with E-state index in [1.165, 1.54) is 7.05 Å². The first-order valence-corrected chi connectivity index (χ1v) is 5.80. The van der Waals surface area contributed by atoms with E-state index in [1.54, 1.807) is 25.1 Å². The quantitative estimate of drug-likeness (QED) is 0.815. The normalized spacial score (nSPS) is 8.93. The van der Waals surface area contributed by atoms with Gasteiger partial charge in [0.2, 0.25) is 0 Å². The number of methoxy groups -OCH3 is 1. The predicted molar refractivity (Wildman–Crippen MR) is 63.1 cm³/mol. The number of ether oxygens (including phenoxy) is 1. The minimum Gasteiger partial charge on any atom is -0.494 e. The number of nitrogens with zero attached hydrogens (tertiary/aromatic N) is 1. The summed E-state index contributed by atoms with van der Waals surface area (Å²) in [6.45, 7) is 0. The highest BCUT2D eigenvalue weighted by Crippen LogP contribution is 2.23. The molecule has 3 nitrogen and oxygen atoms in total. The Kier molecular flexibility index (Phi) is 7.65. The van der Waals surface area contributed by atoms with Gasteiger partial charge in [-0.1, -0.05) is 11.6 Å². The van der Waals surface area contributed by atoms with Crippen LogP contribution in [0.2, 0.25) is 5.15 Å². The summed E-state index contributed by atoms with van der Waals surface area (Å²) in [6, 6.07) is 1.91. The highest BCUT2D eigenvalue weighted by molar-refractivity contribution is 7.97. The minimum absolute atomic E-state index is 0.419. The van der Waals surface area contributed by atoms with Crippen LogP contribution in [-0.2, 0) is 5.75 Å². The Labute approximate surface area is 94.0 Å². The Bertz CT molecular complexity index is 271. The molecule has 1 rings (SSSR count). The molecular weight excluding hydrogens is 220 g/mol. The number of rotatable bonds is 3. The summed E-state index contributed by atoms with van der Waals surface area (Å²) in [5, 5.41) is 0.419. The first kappa shape index (κ1) is 13.5. The van der Waals surface area contributed by atoms with E-state index in [2.05, 4.69) is 10.7 Å². The van der Waals surface area contributed by atoms with Gasteiger partial charge in [-0.2, -0.15) is 11.8 Å². The molecule has 2 N–H and O–H groups in total. The lowest BCUT2D eigenvalue weighted by Gasteiger charge is -2.03. The van der Waals surface area contributed by atoms with E-state index >= 15 is 0 Å². The van der Waals surface area contributed by atoms with E-state index in [0.717, 1.165) is 11.3 Å². The van der Waals surface area contributed by atoms with Crippen LogP contribution in [0.25, 0.3) is 0 Å². The lowest BCUT2D eigenvalue weighted by molar-refractivity contribution is 0.413. The molecule has 1 heterocycles. The molecule has 0 radical (unpaired) electrons. The molecular formula is C9H15ClN2OS. The second kappa shape index (κ2) is 7.91. The third-order valence-corrected chi connectivity index (χ3v) is 2.30. The first-order chi connectivity index (χ1) is 6.77. The second-order valence-corrected chi connectivity index (χ2v) is 3.49. The number of hydrogen-bond acceptors (Lipinski definition) is 4. The number of aromatic nitrogens is 1. The molecule has 0 aliphatic carbocycles. The van der Waals surface area contributed by atoms with Crippen molar-refractivity contribution in [2.75, 3.05) is 20.4 Å². The molecule has 0 spiro atoms. The summed E-state index contributed by atoms with van der Waals surface area (Å²) in [5.41, 5.74) is 5.63. The molecule has 0 bridgehead atoms. The Morgan fingerprint density at radius 3 is 2.71 bits per heavy atom. The largest absolute Gasteiger partial charge is 0.494 e. The molecule has 14 heavy (non-hydrogen) atoms. The maximum absolute atomic E-state index is 5.75. The number of pyridine rings is 1. The molecule has 5 heteroatoms. The van der Waals surface area contributed by atoms with Gasteiger partial charge in [0.25, 0.3) is 0 Å². The molecule has 0 aliphatic heterocycles. The van der Waals surface area contributed by atoms with Crippen LogP contribution in [0.3, 0.4) is 0 Å². The smallest absolute Gasteiger partial charge is 0.171 e. The third-order valence-electron chi connectivity index (χ3n) is 1.39. The van der Waals surface area contributed by atoms with Crippen LogP contribution in [0, 0.1) is 0 Å². The standard InChI is InChI=1S/C8H10ClNOS.CH5N/c1-11-7-3-6(5-12-2)4-10-8(7)9;1-2/h3-4H,5H2,1-2H3;2H2,1H3. The average Bonchev–Trinajstić information content (AvgIpc) is 2.24. The zero-order valence-electron chi connectivity index (χ0n) is 8.58. The van der Waals surface area contributed by atoms with Crippen LogP contribution >= 0.6 is 23.4 Å². The fourth-order valence-electron chi connectivity index (χ4n) is 0.857. The van der Waals surface area contributed by atoms with E-state index in [1.807, 2.05) is 12.3 Å². The number of thioether (sulfide) groups is 1. The van der Waals surface area contributed by atoms with E-state index < -0.39 is 0 Å². The minimum atomic E-state index is 0.419. The van der Waals surface area contributed by atoms with Crippen molar-refractivity contribution in [1.82, 2.24) is 4.98 Å². The van der Waals surface area contributed by atoms with Crippen molar-refractivity contribution in [3.8, 4) is 5.75 Å². The maximum atomic E-state index is 5.75. The fourth-order valence-corrected chi connectivity index (χ4v) is 1.53. The van der Waals surface area contributed by atoms with Crippen LogP contribution < -0.4 is 10.5 Å². The van der Waals surface area contributed by atoms with Gasteiger partial charge in [-0.15, -0.1) is 0 Å². The highest BCUT2D eigenvalue weighted by atomic mass is 35.5. The molecule has 0 unspecified atom stereocenters. The van der Waals surface area contributed by atoms with Gasteiger partial charge in [0.15, 0.2) is 10.9 Å². The van der Waals surface area contributed by atoms with Gasteiger partial charge in [-0.3, -0.25) is 0 Å². The van der Waals surface area contributed by atoms with E-state index in [0.29, 0.717) is 10.9 Å². The lowest BCUT2D eigenvalue weighted by atomic mass is 10.3. The number of halogens is 1. The topological polar surface area (TPSA) is 48.1 Å². The summed E-state index contributed by atoms with van der Waals surface area (Å²) >= 11 is 7.49. The van der Waals surface area contributed by atoms with Crippen LogP contribution in [0.4, 0.5) is 0 Å². The molecule has 0 saturated carbocycles. The summed E-state index contributed by atoms with van der Waals surface area (Å²) in [5.74, 6) is 1.57. The Morgan fingerprint density at radius 2 is 2.21 bits per heavy atom. The van der Waals surface area contributed by atoms with Crippen molar-refractivity contribution < 1.29 is 4.74 Å².